The van der Waals surface area contributed by atoms with E-state index in [1.54, 1.807) is 0 Å². The van der Waals surface area contributed by atoms with Gasteiger partial charge in [-0.2, -0.15) is 0 Å². The summed E-state index contributed by atoms with van der Waals surface area (Å²) in [7, 11) is 0. The van der Waals surface area contributed by atoms with Crippen molar-refractivity contribution in [3.8, 4) is 0 Å². The number of primary amides is 1. The maximum Gasteiger partial charge on any atom is 0.325 e. The molecule has 26 heavy (non-hydrogen) atoms. The predicted molar refractivity (Wildman–Crippen MR) is 91.4 cm³/mol. The molecule has 0 aliphatic carbocycles. The highest BCUT2D eigenvalue weighted by atomic mass is 16.4. The van der Waals surface area contributed by atoms with E-state index in [0.717, 1.165) is 0 Å². The first-order valence-corrected chi connectivity index (χ1v) is 8.09. The molecule has 0 aliphatic rings. The molecule has 3 unspecified atom stereocenters. The molecule has 148 valence electrons. The summed E-state index contributed by atoms with van der Waals surface area (Å²) >= 11 is 0. The minimum absolute atomic E-state index is 0.000549. The molecule has 4 amide bonds. The van der Waals surface area contributed by atoms with Crippen LogP contribution in [0.15, 0.2) is 0 Å². The van der Waals surface area contributed by atoms with Crippen molar-refractivity contribution in [3.63, 3.8) is 0 Å². The molecule has 11 nitrogen and oxygen atoms in total. The first kappa shape index (κ1) is 23.3. The molecule has 0 spiro atoms. The lowest BCUT2D eigenvalue weighted by molar-refractivity contribution is -0.142. The molecule has 0 aliphatic heterocycles. The Kier molecular flexibility index (Phi) is 9.89. The number of hydrogen-bond acceptors (Lipinski definition) is 6. The SMILES string of the molecule is CC(C)CC(NC(=O)C(CC(N)=O)NC(=O)CN)C(=O)NC(C)C(=O)O. The molecular formula is C15H27N5O6. The van der Waals surface area contributed by atoms with Gasteiger partial charge in [-0.1, -0.05) is 13.8 Å². The van der Waals surface area contributed by atoms with Crippen LogP contribution >= 0.6 is 0 Å². The number of nitrogens with one attached hydrogen (secondary N) is 3. The van der Waals surface area contributed by atoms with Crippen LogP contribution < -0.4 is 27.4 Å². The highest BCUT2D eigenvalue weighted by Gasteiger charge is 2.29. The highest BCUT2D eigenvalue weighted by Crippen LogP contribution is 2.06. The third-order valence-electron chi connectivity index (χ3n) is 3.31. The van der Waals surface area contributed by atoms with Gasteiger partial charge in [0.2, 0.25) is 23.6 Å². The van der Waals surface area contributed by atoms with E-state index in [0.29, 0.717) is 0 Å². The van der Waals surface area contributed by atoms with E-state index in [4.69, 9.17) is 16.6 Å². The van der Waals surface area contributed by atoms with Crippen LogP contribution in [0.3, 0.4) is 0 Å². The molecule has 0 radical (unpaired) electrons. The molecule has 0 saturated carbocycles. The van der Waals surface area contributed by atoms with Crippen LogP contribution in [0.1, 0.15) is 33.6 Å². The summed E-state index contributed by atoms with van der Waals surface area (Å²) in [5.74, 6) is -4.21. The smallest absolute Gasteiger partial charge is 0.325 e. The second-order valence-corrected chi connectivity index (χ2v) is 6.25. The first-order chi connectivity index (χ1) is 12.0. The Morgan fingerprint density at radius 1 is 0.923 bits per heavy atom. The molecule has 0 aromatic heterocycles. The molecule has 0 aromatic rings. The van der Waals surface area contributed by atoms with Gasteiger partial charge in [0.15, 0.2) is 0 Å². The third kappa shape index (κ3) is 8.97. The Labute approximate surface area is 151 Å². The zero-order valence-electron chi connectivity index (χ0n) is 15.1. The fraction of sp³-hybridized carbons (Fsp3) is 0.667. The topological polar surface area (TPSA) is 194 Å². The van der Waals surface area contributed by atoms with Crippen molar-refractivity contribution in [2.75, 3.05) is 6.54 Å². The summed E-state index contributed by atoms with van der Waals surface area (Å²) < 4.78 is 0. The molecule has 0 rings (SSSR count). The van der Waals surface area contributed by atoms with Gasteiger partial charge in [-0.05, 0) is 19.3 Å². The Morgan fingerprint density at radius 2 is 1.46 bits per heavy atom. The number of aliphatic carboxylic acids is 1. The largest absolute Gasteiger partial charge is 0.480 e. The summed E-state index contributed by atoms with van der Waals surface area (Å²) in [6.07, 6.45) is -0.253. The molecule has 0 saturated heterocycles. The number of carboxylic acid groups (broad SMARTS) is 1. The van der Waals surface area contributed by atoms with Gasteiger partial charge < -0.3 is 32.5 Å². The summed E-state index contributed by atoms with van der Waals surface area (Å²) in [5.41, 5.74) is 10.2. The number of amides is 4. The predicted octanol–water partition coefficient (Wildman–Crippen LogP) is -2.57. The van der Waals surface area contributed by atoms with Gasteiger partial charge in [0.05, 0.1) is 13.0 Å². The second-order valence-electron chi connectivity index (χ2n) is 6.25. The number of hydrogen-bond donors (Lipinski definition) is 6. The lowest BCUT2D eigenvalue weighted by atomic mass is 10.0. The van der Waals surface area contributed by atoms with E-state index < -0.39 is 60.7 Å². The van der Waals surface area contributed by atoms with Gasteiger partial charge in [-0.15, -0.1) is 0 Å². The number of carbonyl (C=O) groups excluding carboxylic acids is 4. The molecule has 8 N–H and O–H groups in total. The van der Waals surface area contributed by atoms with E-state index in [1.807, 2.05) is 13.8 Å². The van der Waals surface area contributed by atoms with Crippen molar-refractivity contribution < 1.29 is 29.1 Å². The van der Waals surface area contributed by atoms with Gasteiger partial charge in [0.25, 0.3) is 0 Å². The van der Waals surface area contributed by atoms with Gasteiger partial charge in [-0.3, -0.25) is 24.0 Å². The average molecular weight is 373 g/mol. The zero-order valence-corrected chi connectivity index (χ0v) is 15.1. The van der Waals surface area contributed by atoms with E-state index >= 15 is 0 Å². The summed E-state index contributed by atoms with van der Waals surface area (Å²) in [6.45, 7) is 4.51. The van der Waals surface area contributed by atoms with Gasteiger partial charge >= 0.3 is 5.97 Å². The maximum atomic E-state index is 12.4. The van der Waals surface area contributed by atoms with Crippen molar-refractivity contribution in [2.45, 2.75) is 51.7 Å². The summed E-state index contributed by atoms with van der Waals surface area (Å²) in [5, 5.41) is 15.8. The van der Waals surface area contributed by atoms with E-state index in [9.17, 15) is 24.0 Å². The Hall–Kier alpha value is -2.69. The Morgan fingerprint density at radius 3 is 1.88 bits per heavy atom. The standard InChI is InChI=1S/C15H27N5O6/c1-7(2)4-9(13(23)18-8(3)15(25)26)20-14(24)10(5-11(17)21)19-12(22)6-16/h7-10H,4-6,16H2,1-3H3,(H2,17,21)(H,18,23)(H,19,22)(H,20,24)(H,25,26). The molecule has 0 aromatic carbocycles. The van der Waals surface area contributed by atoms with Crippen LogP contribution in [0, 0.1) is 5.92 Å². The number of rotatable bonds is 11. The highest BCUT2D eigenvalue weighted by molar-refractivity contribution is 5.95. The number of carboxylic acids is 1. The summed E-state index contributed by atoms with van der Waals surface area (Å²) in [4.78, 5) is 58.0. The van der Waals surface area contributed by atoms with Crippen LogP contribution in [0.25, 0.3) is 0 Å². The van der Waals surface area contributed by atoms with Crippen LogP contribution in [0.2, 0.25) is 0 Å². The van der Waals surface area contributed by atoms with Crippen LogP contribution in [-0.4, -0.2) is 59.4 Å². The first-order valence-electron chi connectivity index (χ1n) is 8.09. The van der Waals surface area contributed by atoms with Crippen LogP contribution in [0.4, 0.5) is 0 Å². The number of nitrogens with two attached hydrogens (primary N) is 2. The van der Waals surface area contributed by atoms with Crippen molar-refractivity contribution >= 4 is 29.6 Å². The third-order valence-corrected chi connectivity index (χ3v) is 3.31. The molecule has 11 heteroatoms. The quantitative estimate of drug-likeness (QED) is 0.229. The van der Waals surface area contributed by atoms with E-state index in [-0.39, 0.29) is 12.3 Å². The molecule has 0 heterocycles. The normalized spacial score (nSPS) is 14.0. The molecule has 0 bridgehead atoms. The van der Waals surface area contributed by atoms with Crippen molar-refractivity contribution in [1.29, 1.82) is 0 Å². The van der Waals surface area contributed by atoms with E-state index in [1.165, 1.54) is 6.92 Å². The van der Waals surface area contributed by atoms with E-state index in [2.05, 4.69) is 16.0 Å². The van der Waals surface area contributed by atoms with Crippen molar-refractivity contribution in [2.24, 2.45) is 17.4 Å². The average Bonchev–Trinajstić information content (AvgIpc) is 2.52. The van der Waals surface area contributed by atoms with Crippen LogP contribution in [0.5, 0.6) is 0 Å². The fourth-order valence-electron chi connectivity index (χ4n) is 2.01. The monoisotopic (exact) mass is 373 g/mol. The lowest BCUT2D eigenvalue weighted by Gasteiger charge is -2.24. The van der Waals surface area contributed by atoms with Crippen molar-refractivity contribution in [3.05, 3.63) is 0 Å². The fourth-order valence-corrected chi connectivity index (χ4v) is 2.01. The van der Waals surface area contributed by atoms with Gasteiger partial charge in [0.1, 0.15) is 18.1 Å². The Bertz CT molecular complexity index is 551. The second kappa shape index (κ2) is 11.0. The molecule has 0 fully saturated rings. The minimum atomic E-state index is -1.29. The molecule has 3 atom stereocenters. The van der Waals surface area contributed by atoms with Crippen LogP contribution in [-0.2, 0) is 24.0 Å². The zero-order chi connectivity index (χ0) is 20.4. The Balaban J connectivity index is 5.21. The lowest BCUT2D eigenvalue weighted by Crippen LogP contribution is -2.56. The van der Waals surface area contributed by atoms with Gasteiger partial charge in [0, 0.05) is 0 Å². The van der Waals surface area contributed by atoms with Crippen molar-refractivity contribution in [1.82, 2.24) is 16.0 Å². The van der Waals surface area contributed by atoms with Gasteiger partial charge in [-0.25, -0.2) is 0 Å². The minimum Gasteiger partial charge on any atom is -0.480 e. The summed E-state index contributed by atoms with van der Waals surface area (Å²) in [6, 6.07) is -3.48. The molecular weight excluding hydrogens is 346 g/mol. The number of carbonyl (C=O) groups is 5. The maximum absolute atomic E-state index is 12.4.